The van der Waals surface area contributed by atoms with E-state index in [0.29, 0.717) is 12.2 Å². The molecule has 0 spiro atoms. The summed E-state index contributed by atoms with van der Waals surface area (Å²) in [7, 11) is 0. The van der Waals surface area contributed by atoms with Crippen molar-refractivity contribution in [1.29, 1.82) is 0 Å². The first-order chi connectivity index (χ1) is 8.65. The first-order valence-corrected chi connectivity index (χ1v) is 5.92. The number of nitrogens with zero attached hydrogens (tertiary/aromatic N) is 3. The monoisotopic (exact) mass is 245 g/mol. The number of carboxylic acid groups (broad SMARTS) is 1. The fourth-order valence-electron chi connectivity index (χ4n) is 1.80. The van der Waals surface area contributed by atoms with E-state index in [2.05, 4.69) is 9.97 Å². The van der Waals surface area contributed by atoms with Crippen LogP contribution in [0.4, 0.5) is 0 Å². The minimum Gasteiger partial charge on any atom is -0.478 e. The van der Waals surface area contributed by atoms with E-state index < -0.39 is 5.97 Å². The normalized spacial score (nSPS) is 10.6. The number of aromatic carboxylic acids is 1. The van der Waals surface area contributed by atoms with Gasteiger partial charge in [0.05, 0.1) is 5.56 Å². The van der Waals surface area contributed by atoms with Crippen molar-refractivity contribution in [3.8, 4) is 5.82 Å². The third-order valence-corrected chi connectivity index (χ3v) is 2.75. The van der Waals surface area contributed by atoms with Crippen LogP contribution in [0.3, 0.4) is 0 Å². The predicted molar refractivity (Wildman–Crippen MR) is 67.1 cm³/mol. The number of carbonyl (C=O) groups is 1. The number of hydrogen-bond donors (Lipinski definition) is 1. The Morgan fingerprint density at radius 2 is 2.11 bits per heavy atom. The summed E-state index contributed by atoms with van der Waals surface area (Å²) >= 11 is 0. The minimum absolute atomic E-state index is 0.257. The lowest BCUT2D eigenvalue weighted by Gasteiger charge is -2.08. The van der Waals surface area contributed by atoms with E-state index in [1.807, 2.05) is 18.4 Å². The average molecular weight is 245 g/mol. The average Bonchev–Trinajstić information content (AvgIpc) is 2.86. The molecule has 0 aromatic carbocycles. The van der Waals surface area contributed by atoms with Gasteiger partial charge in [-0.1, -0.05) is 13.8 Å². The Morgan fingerprint density at radius 1 is 1.33 bits per heavy atom. The highest BCUT2D eigenvalue weighted by Gasteiger charge is 2.10. The highest BCUT2D eigenvalue weighted by atomic mass is 16.4. The van der Waals surface area contributed by atoms with Crippen molar-refractivity contribution in [2.24, 2.45) is 0 Å². The lowest BCUT2D eigenvalue weighted by atomic mass is 10.2. The van der Waals surface area contributed by atoms with E-state index in [4.69, 9.17) is 5.11 Å². The molecular weight excluding hydrogens is 230 g/mol. The molecule has 0 amide bonds. The maximum absolute atomic E-state index is 11.1. The fourth-order valence-corrected chi connectivity index (χ4v) is 1.80. The van der Waals surface area contributed by atoms with Crippen molar-refractivity contribution < 1.29 is 9.90 Å². The molecule has 5 heteroatoms. The second-order valence-electron chi connectivity index (χ2n) is 3.93. The Kier molecular flexibility index (Phi) is 3.41. The number of aromatic nitrogens is 3. The number of pyridine rings is 1. The third kappa shape index (κ3) is 2.25. The second-order valence-corrected chi connectivity index (χ2v) is 3.93. The molecule has 1 N–H and O–H groups in total. The summed E-state index contributed by atoms with van der Waals surface area (Å²) in [5.74, 6) is 0.541. The van der Waals surface area contributed by atoms with E-state index in [1.165, 1.54) is 0 Å². The van der Waals surface area contributed by atoms with Gasteiger partial charge >= 0.3 is 5.97 Å². The van der Waals surface area contributed by atoms with Crippen LogP contribution < -0.4 is 0 Å². The van der Waals surface area contributed by atoms with E-state index in [0.717, 1.165) is 17.9 Å². The molecule has 0 atom stereocenters. The van der Waals surface area contributed by atoms with Crippen LogP contribution in [0.25, 0.3) is 5.82 Å². The Morgan fingerprint density at radius 3 is 2.72 bits per heavy atom. The highest BCUT2D eigenvalue weighted by molar-refractivity contribution is 5.88. The van der Waals surface area contributed by atoms with Gasteiger partial charge in [-0.05, 0) is 18.6 Å². The maximum atomic E-state index is 11.1. The molecule has 2 heterocycles. The molecule has 0 saturated carbocycles. The maximum Gasteiger partial charge on any atom is 0.335 e. The molecule has 0 bridgehead atoms. The van der Waals surface area contributed by atoms with Crippen molar-refractivity contribution in [2.75, 3.05) is 0 Å². The molecule has 2 rings (SSSR count). The molecule has 18 heavy (non-hydrogen) atoms. The standard InChI is InChI=1S/C13H15N3O2/c1-3-10-7-9(13(17)18)8-12(15-10)16-6-5-14-11(16)4-2/h5-8H,3-4H2,1-2H3,(H,17,18). The third-order valence-electron chi connectivity index (χ3n) is 2.75. The number of imidazole rings is 1. The van der Waals surface area contributed by atoms with Gasteiger partial charge in [0.2, 0.25) is 0 Å². The Hall–Kier alpha value is -2.17. The topological polar surface area (TPSA) is 68.0 Å². The van der Waals surface area contributed by atoms with E-state index in [9.17, 15) is 4.79 Å². The van der Waals surface area contributed by atoms with Gasteiger partial charge in [-0.2, -0.15) is 0 Å². The van der Waals surface area contributed by atoms with Gasteiger partial charge in [-0.3, -0.25) is 4.57 Å². The summed E-state index contributed by atoms with van der Waals surface area (Å²) in [6.07, 6.45) is 4.96. The smallest absolute Gasteiger partial charge is 0.335 e. The van der Waals surface area contributed by atoms with Gasteiger partial charge in [0.15, 0.2) is 0 Å². The van der Waals surface area contributed by atoms with Gasteiger partial charge in [0, 0.05) is 24.5 Å². The Balaban J connectivity index is 2.56. The molecule has 0 fully saturated rings. The molecule has 5 nitrogen and oxygen atoms in total. The van der Waals surface area contributed by atoms with Crippen LogP contribution in [-0.4, -0.2) is 25.6 Å². The van der Waals surface area contributed by atoms with Gasteiger partial charge in [-0.15, -0.1) is 0 Å². The van der Waals surface area contributed by atoms with Crippen LogP contribution in [0.1, 0.15) is 35.7 Å². The molecule has 0 unspecified atom stereocenters. The van der Waals surface area contributed by atoms with Crippen molar-refractivity contribution in [1.82, 2.24) is 14.5 Å². The summed E-state index contributed by atoms with van der Waals surface area (Å²) in [6.45, 7) is 3.95. The summed E-state index contributed by atoms with van der Waals surface area (Å²) < 4.78 is 1.82. The van der Waals surface area contributed by atoms with Crippen LogP contribution >= 0.6 is 0 Å². The summed E-state index contributed by atoms with van der Waals surface area (Å²) in [5.41, 5.74) is 1.02. The van der Waals surface area contributed by atoms with Gasteiger partial charge in [0.25, 0.3) is 0 Å². The Labute approximate surface area is 105 Å². The van der Waals surface area contributed by atoms with Crippen LogP contribution in [-0.2, 0) is 12.8 Å². The van der Waals surface area contributed by atoms with Crippen LogP contribution in [0.15, 0.2) is 24.5 Å². The molecule has 0 aliphatic rings. The van der Waals surface area contributed by atoms with Crippen molar-refractivity contribution in [3.63, 3.8) is 0 Å². The van der Waals surface area contributed by atoms with Crippen LogP contribution in [0.5, 0.6) is 0 Å². The highest BCUT2D eigenvalue weighted by Crippen LogP contribution is 2.13. The largest absolute Gasteiger partial charge is 0.478 e. The van der Waals surface area contributed by atoms with Crippen molar-refractivity contribution in [3.05, 3.63) is 41.6 Å². The molecule has 0 radical (unpaired) electrons. The lowest BCUT2D eigenvalue weighted by Crippen LogP contribution is -2.07. The summed E-state index contributed by atoms with van der Waals surface area (Å²) in [5, 5.41) is 9.10. The number of hydrogen-bond acceptors (Lipinski definition) is 3. The zero-order valence-electron chi connectivity index (χ0n) is 10.4. The zero-order valence-corrected chi connectivity index (χ0v) is 10.4. The molecule has 2 aromatic heterocycles. The lowest BCUT2D eigenvalue weighted by molar-refractivity contribution is 0.0696. The quantitative estimate of drug-likeness (QED) is 0.895. The predicted octanol–water partition coefficient (Wildman–Crippen LogP) is 2.09. The van der Waals surface area contributed by atoms with Crippen LogP contribution in [0.2, 0.25) is 0 Å². The van der Waals surface area contributed by atoms with E-state index in [1.54, 1.807) is 24.5 Å². The van der Waals surface area contributed by atoms with E-state index in [-0.39, 0.29) is 5.56 Å². The SMILES string of the molecule is CCc1cc(C(=O)O)cc(-n2ccnc2CC)n1. The fraction of sp³-hybridized carbons (Fsp3) is 0.308. The number of aryl methyl sites for hydroxylation is 2. The summed E-state index contributed by atoms with van der Waals surface area (Å²) in [4.78, 5) is 19.8. The van der Waals surface area contributed by atoms with E-state index >= 15 is 0 Å². The number of rotatable bonds is 4. The van der Waals surface area contributed by atoms with Crippen molar-refractivity contribution >= 4 is 5.97 Å². The van der Waals surface area contributed by atoms with Gasteiger partial charge in [0.1, 0.15) is 11.6 Å². The second kappa shape index (κ2) is 5.00. The van der Waals surface area contributed by atoms with Gasteiger partial charge < -0.3 is 5.11 Å². The first kappa shape index (κ1) is 12.3. The number of carboxylic acids is 1. The zero-order chi connectivity index (χ0) is 13.1. The summed E-state index contributed by atoms with van der Waals surface area (Å²) in [6, 6.07) is 3.18. The minimum atomic E-state index is -0.938. The van der Waals surface area contributed by atoms with Gasteiger partial charge in [-0.25, -0.2) is 14.8 Å². The molecule has 0 aliphatic carbocycles. The molecule has 2 aromatic rings. The molecule has 0 aliphatic heterocycles. The molecule has 94 valence electrons. The molecule has 0 saturated heterocycles. The Bertz CT molecular complexity index is 575. The first-order valence-electron chi connectivity index (χ1n) is 5.92. The molecular formula is C13H15N3O2. The van der Waals surface area contributed by atoms with Crippen molar-refractivity contribution in [2.45, 2.75) is 26.7 Å². The van der Waals surface area contributed by atoms with Crippen LogP contribution in [0, 0.1) is 0 Å².